The standard InChI is InChI=1S/C18H26N2O2/c1-4-15-10-7-8-12-17(15)22-13-9-11-16(14-19)18(21)20(5-2)6-3/h7-8,10,12,16H,4-6,9,11,13H2,1-3H3. The molecule has 0 N–H and O–H groups in total. The summed E-state index contributed by atoms with van der Waals surface area (Å²) in [6, 6.07) is 10.1. The Labute approximate surface area is 133 Å². The van der Waals surface area contributed by atoms with Crippen molar-refractivity contribution in [3.05, 3.63) is 29.8 Å². The Kier molecular flexibility index (Phi) is 8.06. The molecule has 1 rings (SSSR count). The molecule has 0 saturated heterocycles. The van der Waals surface area contributed by atoms with Crippen LogP contribution < -0.4 is 4.74 Å². The Morgan fingerprint density at radius 3 is 2.55 bits per heavy atom. The molecular weight excluding hydrogens is 276 g/mol. The van der Waals surface area contributed by atoms with E-state index in [4.69, 9.17) is 4.74 Å². The van der Waals surface area contributed by atoms with Gasteiger partial charge < -0.3 is 9.64 Å². The second kappa shape index (κ2) is 9.83. The average Bonchev–Trinajstić information content (AvgIpc) is 2.56. The number of para-hydroxylation sites is 1. The van der Waals surface area contributed by atoms with Crippen LogP contribution in [-0.4, -0.2) is 30.5 Å². The maximum atomic E-state index is 12.2. The Morgan fingerprint density at radius 1 is 1.27 bits per heavy atom. The predicted molar refractivity (Wildman–Crippen MR) is 87.6 cm³/mol. The molecule has 0 aliphatic heterocycles. The van der Waals surface area contributed by atoms with Crippen molar-refractivity contribution in [1.29, 1.82) is 5.26 Å². The van der Waals surface area contributed by atoms with E-state index in [-0.39, 0.29) is 5.91 Å². The van der Waals surface area contributed by atoms with Crippen molar-refractivity contribution in [1.82, 2.24) is 4.90 Å². The van der Waals surface area contributed by atoms with Gasteiger partial charge in [0.15, 0.2) is 0 Å². The van der Waals surface area contributed by atoms with E-state index in [1.54, 1.807) is 4.90 Å². The monoisotopic (exact) mass is 302 g/mol. The van der Waals surface area contributed by atoms with E-state index in [1.165, 1.54) is 5.56 Å². The first-order valence-corrected chi connectivity index (χ1v) is 8.06. The van der Waals surface area contributed by atoms with Gasteiger partial charge in [0.1, 0.15) is 11.7 Å². The quantitative estimate of drug-likeness (QED) is 0.657. The van der Waals surface area contributed by atoms with Crippen LogP contribution in [0.5, 0.6) is 5.75 Å². The van der Waals surface area contributed by atoms with Crippen molar-refractivity contribution in [2.24, 2.45) is 5.92 Å². The number of rotatable bonds is 9. The molecule has 0 spiro atoms. The molecule has 0 radical (unpaired) electrons. The Bertz CT molecular complexity index is 504. The van der Waals surface area contributed by atoms with Crippen LogP contribution in [-0.2, 0) is 11.2 Å². The lowest BCUT2D eigenvalue weighted by Crippen LogP contribution is -2.35. The van der Waals surface area contributed by atoms with E-state index in [1.807, 2.05) is 32.0 Å². The number of carbonyl (C=O) groups excluding carboxylic acids is 1. The number of aryl methyl sites for hydroxylation is 1. The highest BCUT2D eigenvalue weighted by Gasteiger charge is 2.21. The fourth-order valence-electron chi connectivity index (χ4n) is 2.41. The van der Waals surface area contributed by atoms with Crippen LogP contribution in [0.4, 0.5) is 0 Å². The van der Waals surface area contributed by atoms with Crippen LogP contribution in [0.3, 0.4) is 0 Å². The van der Waals surface area contributed by atoms with Crippen LogP contribution >= 0.6 is 0 Å². The van der Waals surface area contributed by atoms with Crippen LogP contribution in [0.15, 0.2) is 24.3 Å². The van der Waals surface area contributed by atoms with E-state index in [2.05, 4.69) is 19.1 Å². The molecule has 0 fully saturated rings. The molecule has 4 nitrogen and oxygen atoms in total. The lowest BCUT2D eigenvalue weighted by molar-refractivity contribution is -0.133. The maximum Gasteiger partial charge on any atom is 0.239 e. The van der Waals surface area contributed by atoms with Crippen LogP contribution in [0.25, 0.3) is 0 Å². The molecule has 4 heteroatoms. The minimum Gasteiger partial charge on any atom is -0.493 e. The second-order valence-electron chi connectivity index (χ2n) is 5.14. The zero-order chi connectivity index (χ0) is 16.4. The van der Waals surface area contributed by atoms with Crippen molar-refractivity contribution in [2.75, 3.05) is 19.7 Å². The number of nitrogens with zero attached hydrogens (tertiary/aromatic N) is 2. The number of benzene rings is 1. The molecule has 0 saturated carbocycles. The summed E-state index contributed by atoms with van der Waals surface area (Å²) < 4.78 is 5.78. The number of amides is 1. The van der Waals surface area contributed by atoms with Gasteiger partial charge in [-0.3, -0.25) is 4.79 Å². The number of nitriles is 1. The van der Waals surface area contributed by atoms with Gasteiger partial charge in [-0.1, -0.05) is 25.1 Å². The molecule has 1 unspecified atom stereocenters. The van der Waals surface area contributed by atoms with Gasteiger partial charge in [-0.05, 0) is 44.7 Å². The SMILES string of the molecule is CCc1ccccc1OCCCC(C#N)C(=O)N(CC)CC. The lowest BCUT2D eigenvalue weighted by atomic mass is 10.0. The van der Waals surface area contributed by atoms with E-state index in [0.717, 1.165) is 12.2 Å². The summed E-state index contributed by atoms with van der Waals surface area (Å²) in [5.41, 5.74) is 1.18. The highest BCUT2D eigenvalue weighted by Crippen LogP contribution is 2.19. The molecular formula is C18H26N2O2. The average molecular weight is 302 g/mol. The number of hydrogen-bond donors (Lipinski definition) is 0. The molecule has 1 atom stereocenters. The highest BCUT2D eigenvalue weighted by molar-refractivity contribution is 5.81. The first kappa shape index (κ1) is 18.0. The normalized spacial score (nSPS) is 11.5. The zero-order valence-electron chi connectivity index (χ0n) is 13.8. The van der Waals surface area contributed by atoms with Crippen molar-refractivity contribution >= 4 is 5.91 Å². The van der Waals surface area contributed by atoms with Gasteiger partial charge in [0.2, 0.25) is 5.91 Å². The van der Waals surface area contributed by atoms with E-state index in [9.17, 15) is 10.1 Å². The summed E-state index contributed by atoms with van der Waals surface area (Å²) in [7, 11) is 0. The van der Waals surface area contributed by atoms with Gasteiger partial charge in [0, 0.05) is 13.1 Å². The number of carbonyl (C=O) groups is 1. The summed E-state index contributed by atoms with van der Waals surface area (Å²) in [5, 5.41) is 9.20. The molecule has 1 aromatic carbocycles. The van der Waals surface area contributed by atoms with Crippen molar-refractivity contribution in [3.63, 3.8) is 0 Å². The summed E-state index contributed by atoms with van der Waals surface area (Å²) >= 11 is 0. The van der Waals surface area contributed by atoms with Gasteiger partial charge in [0.25, 0.3) is 0 Å². The molecule has 0 aromatic heterocycles. The molecule has 120 valence electrons. The summed E-state index contributed by atoms with van der Waals surface area (Å²) in [6.07, 6.45) is 2.17. The number of ether oxygens (including phenoxy) is 1. The topological polar surface area (TPSA) is 53.3 Å². The van der Waals surface area contributed by atoms with E-state index in [0.29, 0.717) is 32.5 Å². The zero-order valence-corrected chi connectivity index (χ0v) is 13.8. The molecule has 0 bridgehead atoms. The summed E-state index contributed by atoms with van der Waals surface area (Å²) in [4.78, 5) is 13.9. The molecule has 1 amide bonds. The fraction of sp³-hybridized carbons (Fsp3) is 0.556. The Morgan fingerprint density at radius 2 is 1.95 bits per heavy atom. The Balaban J connectivity index is 2.45. The molecule has 0 aliphatic rings. The van der Waals surface area contributed by atoms with Crippen LogP contribution in [0, 0.1) is 17.2 Å². The van der Waals surface area contributed by atoms with Gasteiger partial charge >= 0.3 is 0 Å². The van der Waals surface area contributed by atoms with Gasteiger partial charge in [-0.2, -0.15) is 5.26 Å². The van der Waals surface area contributed by atoms with Crippen molar-refractivity contribution in [3.8, 4) is 11.8 Å². The molecule has 22 heavy (non-hydrogen) atoms. The molecule has 0 heterocycles. The highest BCUT2D eigenvalue weighted by atomic mass is 16.5. The maximum absolute atomic E-state index is 12.2. The van der Waals surface area contributed by atoms with Crippen molar-refractivity contribution in [2.45, 2.75) is 40.0 Å². The van der Waals surface area contributed by atoms with Gasteiger partial charge in [-0.15, -0.1) is 0 Å². The minimum absolute atomic E-state index is 0.0681. The third-order valence-corrected chi connectivity index (χ3v) is 3.78. The first-order valence-electron chi connectivity index (χ1n) is 8.06. The van der Waals surface area contributed by atoms with Gasteiger partial charge in [-0.25, -0.2) is 0 Å². The largest absolute Gasteiger partial charge is 0.493 e. The number of hydrogen-bond acceptors (Lipinski definition) is 3. The second-order valence-corrected chi connectivity index (χ2v) is 5.14. The third kappa shape index (κ3) is 5.07. The predicted octanol–water partition coefficient (Wildman–Crippen LogP) is 3.42. The molecule has 0 aliphatic carbocycles. The minimum atomic E-state index is -0.565. The fourth-order valence-corrected chi connectivity index (χ4v) is 2.41. The van der Waals surface area contributed by atoms with Crippen LogP contribution in [0.2, 0.25) is 0 Å². The first-order chi connectivity index (χ1) is 10.7. The van der Waals surface area contributed by atoms with Crippen molar-refractivity contribution < 1.29 is 9.53 Å². The summed E-state index contributed by atoms with van der Waals surface area (Å²) in [6.45, 7) is 7.78. The van der Waals surface area contributed by atoms with E-state index < -0.39 is 5.92 Å². The van der Waals surface area contributed by atoms with Gasteiger partial charge in [0.05, 0.1) is 12.7 Å². The third-order valence-electron chi connectivity index (χ3n) is 3.78. The summed E-state index contributed by atoms with van der Waals surface area (Å²) in [5.74, 6) is 0.264. The molecule has 1 aromatic rings. The van der Waals surface area contributed by atoms with Crippen LogP contribution in [0.1, 0.15) is 39.2 Å². The lowest BCUT2D eigenvalue weighted by Gasteiger charge is -2.21. The Hall–Kier alpha value is -2.02. The smallest absolute Gasteiger partial charge is 0.239 e. The van der Waals surface area contributed by atoms with E-state index >= 15 is 0 Å².